The molecule has 0 radical (unpaired) electrons. The van der Waals surface area contributed by atoms with Gasteiger partial charge < -0.3 is 0 Å². The van der Waals surface area contributed by atoms with Crippen molar-refractivity contribution in [1.29, 1.82) is 5.26 Å². The molecule has 0 aromatic heterocycles. The first-order chi connectivity index (χ1) is 26.5. The maximum Gasteiger partial charge on any atom is 0.0991 e. The van der Waals surface area contributed by atoms with E-state index in [2.05, 4.69) is 175 Å². The Hall–Kier alpha value is -6.09. The van der Waals surface area contributed by atoms with Crippen LogP contribution < -0.4 is 16.0 Å². The molecule has 1 spiro atoms. The molecule has 4 heteroatoms. The molecule has 1 fully saturated rings. The highest BCUT2D eigenvalue weighted by atomic mass is 15.4. The van der Waals surface area contributed by atoms with Gasteiger partial charge in [0.05, 0.1) is 35.5 Å². The van der Waals surface area contributed by atoms with Crippen LogP contribution in [0, 0.1) is 11.3 Å². The standard InChI is InChI=1S/C50H40N4/c1-49(2)42-19-8-10-21-44(42)50(45-22-11-9-20-43(45)49)40-18-7-6-17-38(40)39-30-36(27-28-41(39)50)35-15-12-16-37(29-35)48-53-46(33-13-4-3-5-14-33)52-47(54-48)34-25-23-32(31-51)24-26-34/h3-30,46-48,52-54H,1-2H3. The van der Waals surface area contributed by atoms with E-state index in [1.807, 2.05) is 30.3 Å². The number of nitrogens with one attached hydrogen (secondary N) is 3. The highest BCUT2D eigenvalue weighted by Crippen LogP contribution is 2.62. The first-order valence-electron chi connectivity index (χ1n) is 18.8. The first kappa shape index (κ1) is 32.6. The second kappa shape index (κ2) is 12.5. The fourth-order valence-electron chi connectivity index (χ4n) is 9.56. The zero-order chi connectivity index (χ0) is 36.4. The molecule has 1 aliphatic heterocycles. The highest BCUT2D eigenvalue weighted by Gasteiger charge is 2.53. The van der Waals surface area contributed by atoms with Crippen LogP contribution in [0.3, 0.4) is 0 Å². The van der Waals surface area contributed by atoms with Crippen LogP contribution in [-0.2, 0) is 10.8 Å². The van der Waals surface area contributed by atoms with Gasteiger partial charge in [-0.3, -0.25) is 16.0 Å². The van der Waals surface area contributed by atoms with E-state index in [4.69, 9.17) is 0 Å². The Kier molecular flexibility index (Phi) is 7.54. The third-order valence-electron chi connectivity index (χ3n) is 12.1. The quantitative estimate of drug-likeness (QED) is 0.171. The SMILES string of the molecule is CC1(C)c2ccccc2C2(c3ccccc3-c3cc(-c4cccc(C5NC(c6ccccc6)NC(c6ccc(C#N)cc6)N5)c4)ccc32)c2ccccc21. The molecule has 0 bridgehead atoms. The maximum absolute atomic E-state index is 9.41. The third-order valence-corrected chi connectivity index (χ3v) is 12.1. The van der Waals surface area contributed by atoms with Crippen LogP contribution in [0.4, 0.5) is 0 Å². The average molecular weight is 697 g/mol. The highest BCUT2D eigenvalue weighted by molar-refractivity contribution is 5.90. The molecule has 4 nitrogen and oxygen atoms in total. The molecule has 2 aliphatic carbocycles. The molecule has 7 aromatic carbocycles. The van der Waals surface area contributed by atoms with Crippen molar-refractivity contribution in [2.75, 3.05) is 0 Å². The molecule has 1 saturated heterocycles. The molecule has 3 N–H and O–H groups in total. The summed E-state index contributed by atoms with van der Waals surface area (Å²) in [5, 5.41) is 20.8. The summed E-state index contributed by atoms with van der Waals surface area (Å²) >= 11 is 0. The summed E-state index contributed by atoms with van der Waals surface area (Å²) in [7, 11) is 0. The molecule has 10 rings (SSSR count). The maximum atomic E-state index is 9.41. The molecule has 3 unspecified atom stereocenters. The van der Waals surface area contributed by atoms with Crippen molar-refractivity contribution in [1.82, 2.24) is 16.0 Å². The monoisotopic (exact) mass is 696 g/mol. The molecule has 260 valence electrons. The number of fused-ring (bicyclic) bond motifs is 9. The van der Waals surface area contributed by atoms with Crippen LogP contribution in [0.5, 0.6) is 0 Å². The second-order valence-electron chi connectivity index (χ2n) is 15.3. The lowest BCUT2D eigenvalue weighted by atomic mass is 9.55. The summed E-state index contributed by atoms with van der Waals surface area (Å²) in [6.45, 7) is 4.74. The minimum Gasteiger partial charge on any atom is -0.279 e. The van der Waals surface area contributed by atoms with Crippen LogP contribution in [0.15, 0.2) is 170 Å². The van der Waals surface area contributed by atoms with Crippen molar-refractivity contribution in [3.8, 4) is 28.3 Å². The van der Waals surface area contributed by atoms with Gasteiger partial charge in [0.2, 0.25) is 0 Å². The Labute approximate surface area is 317 Å². The summed E-state index contributed by atoms with van der Waals surface area (Å²) in [4.78, 5) is 0. The number of hydrogen-bond acceptors (Lipinski definition) is 4. The molecule has 7 aromatic rings. The van der Waals surface area contributed by atoms with Crippen molar-refractivity contribution in [3.05, 3.63) is 225 Å². The summed E-state index contributed by atoms with van der Waals surface area (Å²) in [6.07, 6.45) is -0.341. The van der Waals surface area contributed by atoms with Gasteiger partial charge in [0.1, 0.15) is 0 Å². The molecule has 3 atom stereocenters. The molecule has 3 aliphatic rings. The van der Waals surface area contributed by atoms with Crippen LogP contribution in [-0.4, -0.2) is 0 Å². The number of rotatable bonds is 4. The Morgan fingerprint density at radius 1 is 0.426 bits per heavy atom. The number of benzene rings is 7. The number of hydrogen-bond donors (Lipinski definition) is 3. The van der Waals surface area contributed by atoms with Gasteiger partial charge in [0, 0.05) is 5.41 Å². The Morgan fingerprint density at radius 3 is 1.57 bits per heavy atom. The van der Waals surface area contributed by atoms with Crippen molar-refractivity contribution in [2.24, 2.45) is 0 Å². The number of nitrogens with zero attached hydrogens (tertiary/aromatic N) is 1. The molecule has 0 amide bonds. The summed E-state index contributed by atoms with van der Waals surface area (Å²) < 4.78 is 0. The lowest BCUT2D eigenvalue weighted by Gasteiger charge is -2.46. The summed E-state index contributed by atoms with van der Waals surface area (Å²) in [6, 6.07) is 63.9. The fraction of sp³-hybridized carbons (Fsp3) is 0.140. The summed E-state index contributed by atoms with van der Waals surface area (Å²) in [5.41, 5.74) is 16.7. The largest absolute Gasteiger partial charge is 0.279 e. The minimum atomic E-state index is -0.398. The van der Waals surface area contributed by atoms with Gasteiger partial charge in [-0.25, -0.2) is 0 Å². The lowest BCUT2D eigenvalue weighted by Crippen LogP contribution is -2.54. The zero-order valence-electron chi connectivity index (χ0n) is 30.3. The zero-order valence-corrected chi connectivity index (χ0v) is 30.3. The van der Waals surface area contributed by atoms with Crippen molar-refractivity contribution in [2.45, 2.75) is 43.2 Å². The average Bonchev–Trinajstić information content (AvgIpc) is 3.53. The van der Waals surface area contributed by atoms with Gasteiger partial charge >= 0.3 is 0 Å². The predicted molar refractivity (Wildman–Crippen MR) is 217 cm³/mol. The van der Waals surface area contributed by atoms with E-state index in [-0.39, 0.29) is 23.9 Å². The molecule has 1 heterocycles. The van der Waals surface area contributed by atoms with Gasteiger partial charge in [0.25, 0.3) is 0 Å². The van der Waals surface area contributed by atoms with E-state index < -0.39 is 5.41 Å². The van der Waals surface area contributed by atoms with E-state index in [9.17, 15) is 5.26 Å². The van der Waals surface area contributed by atoms with Crippen molar-refractivity contribution >= 4 is 0 Å². The van der Waals surface area contributed by atoms with Crippen LogP contribution in [0.1, 0.15) is 88.0 Å². The van der Waals surface area contributed by atoms with Gasteiger partial charge in [-0.05, 0) is 96.6 Å². The van der Waals surface area contributed by atoms with Crippen LogP contribution in [0.25, 0.3) is 22.3 Å². The van der Waals surface area contributed by atoms with E-state index >= 15 is 0 Å². The first-order valence-corrected chi connectivity index (χ1v) is 18.8. The third kappa shape index (κ3) is 4.87. The Morgan fingerprint density at radius 2 is 0.926 bits per heavy atom. The Balaban J connectivity index is 1.08. The van der Waals surface area contributed by atoms with Gasteiger partial charge in [-0.15, -0.1) is 0 Å². The molecule has 0 saturated carbocycles. The predicted octanol–water partition coefficient (Wildman–Crippen LogP) is 10.4. The molecule has 54 heavy (non-hydrogen) atoms. The second-order valence-corrected chi connectivity index (χ2v) is 15.3. The van der Waals surface area contributed by atoms with Crippen LogP contribution >= 0.6 is 0 Å². The molecular weight excluding hydrogens is 657 g/mol. The van der Waals surface area contributed by atoms with Crippen LogP contribution in [0.2, 0.25) is 0 Å². The van der Waals surface area contributed by atoms with Gasteiger partial charge in [-0.1, -0.05) is 159 Å². The van der Waals surface area contributed by atoms with Gasteiger partial charge in [0.15, 0.2) is 0 Å². The van der Waals surface area contributed by atoms with Gasteiger partial charge in [-0.2, -0.15) is 5.26 Å². The van der Waals surface area contributed by atoms with E-state index in [0.29, 0.717) is 5.56 Å². The normalized spacial score (nSPS) is 19.9. The lowest BCUT2D eigenvalue weighted by molar-refractivity contribution is 0.203. The van der Waals surface area contributed by atoms with E-state index in [0.717, 1.165) is 11.1 Å². The number of nitriles is 1. The van der Waals surface area contributed by atoms with E-state index in [1.165, 1.54) is 61.2 Å². The van der Waals surface area contributed by atoms with E-state index in [1.54, 1.807) is 0 Å². The van der Waals surface area contributed by atoms with Crippen molar-refractivity contribution < 1.29 is 0 Å². The smallest absolute Gasteiger partial charge is 0.0991 e. The fourth-order valence-corrected chi connectivity index (χ4v) is 9.56. The van der Waals surface area contributed by atoms with Crippen molar-refractivity contribution in [3.63, 3.8) is 0 Å². The topological polar surface area (TPSA) is 59.9 Å². The summed E-state index contributed by atoms with van der Waals surface area (Å²) in [5.74, 6) is 0. The Bertz CT molecular complexity index is 2550. The minimum absolute atomic E-state index is 0.0827. The molecular formula is C50H40N4.